The third-order valence-electron chi connectivity index (χ3n) is 5.43. The Labute approximate surface area is 165 Å². The van der Waals surface area contributed by atoms with Gasteiger partial charge >= 0.3 is 5.97 Å². The summed E-state index contributed by atoms with van der Waals surface area (Å²) in [6, 6.07) is 9.85. The van der Waals surface area contributed by atoms with E-state index >= 15 is 0 Å². The van der Waals surface area contributed by atoms with E-state index in [1.54, 1.807) is 6.92 Å². The predicted molar refractivity (Wildman–Crippen MR) is 111 cm³/mol. The molecule has 2 aromatic heterocycles. The van der Waals surface area contributed by atoms with Gasteiger partial charge in [-0.05, 0) is 50.7 Å². The predicted octanol–water partition coefficient (Wildman–Crippen LogP) is 4.63. The van der Waals surface area contributed by atoms with Crippen LogP contribution in [0.1, 0.15) is 53.5 Å². The van der Waals surface area contributed by atoms with Gasteiger partial charge in [0.05, 0.1) is 23.3 Å². The number of nitrogens with zero attached hydrogens (tertiary/aromatic N) is 2. The molecule has 2 N–H and O–H groups in total. The average Bonchev–Trinajstić information content (AvgIpc) is 2.93. The van der Waals surface area contributed by atoms with E-state index in [9.17, 15) is 4.79 Å². The molecule has 144 valence electrons. The number of esters is 1. The number of carbonyl (C=O) groups is 1. The first-order chi connectivity index (χ1) is 13.6. The van der Waals surface area contributed by atoms with Gasteiger partial charge in [-0.15, -0.1) is 0 Å². The summed E-state index contributed by atoms with van der Waals surface area (Å²) in [5.74, 6) is -0.373. The highest BCUT2D eigenvalue weighted by Crippen LogP contribution is 2.39. The molecule has 0 saturated heterocycles. The lowest BCUT2D eigenvalue weighted by Crippen LogP contribution is -2.13. The summed E-state index contributed by atoms with van der Waals surface area (Å²) >= 11 is 0. The van der Waals surface area contributed by atoms with Crippen molar-refractivity contribution in [3.05, 3.63) is 52.8 Å². The van der Waals surface area contributed by atoms with Crippen LogP contribution in [0.2, 0.25) is 0 Å². The van der Waals surface area contributed by atoms with Crippen LogP contribution in [0.4, 0.5) is 5.69 Å². The van der Waals surface area contributed by atoms with E-state index in [4.69, 9.17) is 15.5 Å². The summed E-state index contributed by atoms with van der Waals surface area (Å²) in [6.45, 7) is 3.95. The van der Waals surface area contributed by atoms with E-state index in [1.807, 2.05) is 37.3 Å². The smallest absolute Gasteiger partial charge is 0.340 e. The van der Waals surface area contributed by atoms with E-state index in [2.05, 4.69) is 4.98 Å². The fourth-order valence-electron chi connectivity index (χ4n) is 4.13. The van der Waals surface area contributed by atoms with Gasteiger partial charge < -0.3 is 10.5 Å². The minimum atomic E-state index is -0.373. The quantitative estimate of drug-likeness (QED) is 0.533. The lowest BCUT2D eigenvalue weighted by atomic mass is 9.92. The number of fused-ring (bicyclic) bond motifs is 2. The highest BCUT2D eigenvalue weighted by molar-refractivity contribution is 6.11. The SMILES string of the molecule is CCOC(=O)c1c(C)nc2nc3c(c(N)c2c1-c1ccccc1)CCCCC3. The van der Waals surface area contributed by atoms with E-state index in [-0.39, 0.29) is 5.97 Å². The minimum absolute atomic E-state index is 0.308. The molecule has 5 heteroatoms. The Balaban J connectivity index is 2.11. The number of hydrogen-bond donors (Lipinski definition) is 1. The Bertz CT molecular complexity index is 1050. The molecule has 0 bridgehead atoms. The van der Waals surface area contributed by atoms with Gasteiger partial charge in [0.15, 0.2) is 5.65 Å². The number of nitrogens with two attached hydrogens (primary N) is 1. The van der Waals surface area contributed by atoms with Gasteiger partial charge in [-0.2, -0.15) is 0 Å². The number of pyridine rings is 2. The number of anilines is 1. The van der Waals surface area contributed by atoms with Crippen LogP contribution < -0.4 is 5.73 Å². The molecule has 5 nitrogen and oxygen atoms in total. The lowest BCUT2D eigenvalue weighted by Gasteiger charge is -2.18. The molecule has 0 spiro atoms. The number of aromatic nitrogens is 2. The van der Waals surface area contributed by atoms with Crippen molar-refractivity contribution in [1.82, 2.24) is 9.97 Å². The molecule has 28 heavy (non-hydrogen) atoms. The molecule has 1 aliphatic rings. The molecular formula is C23H25N3O2. The van der Waals surface area contributed by atoms with E-state index in [1.165, 1.54) is 6.42 Å². The normalized spacial score (nSPS) is 13.8. The maximum absolute atomic E-state index is 12.8. The molecule has 0 radical (unpaired) electrons. The summed E-state index contributed by atoms with van der Waals surface area (Å²) in [6.07, 6.45) is 5.25. The van der Waals surface area contributed by atoms with Crippen LogP contribution >= 0.6 is 0 Å². The number of rotatable bonds is 3. The monoisotopic (exact) mass is 375 g/mol. The van der Waals surface area contributed by atoms with Crippen molar-refractivity contribution in [2.75, 3.05) is 12.3 Å². The van der Waals surface area contributed by atoms with Crippen LogP contribution in [-0.2, 0) is 17.6 Å². The summed E-state index contributed by atoms with van der Waals surface area (Å²) < 4.78 is 5.35. The number of nitrogen functional groups attached to an aromatic ring is 1. The molecule has 0 atom stereocenters. The summed E-state index contributed by atoms with van der Waals surface area (Å²) in [5, 5.41) is 0.764. The highest BCUT2D eigenvalue weighted by Gasteiger charge is 2.26. The number of hydrogen-bond acceptors (Lipinski definition) is 5. The Kier molecular flexibility index (Phi) is 4.99. The molecule has 1 aliphatic carbocycles. The zero-order valence-electron chi connectivity index (χ0n) is 16.4. The van der Waals surface area contributed by atoms with Crippen molar-refractivity contribution in [2.45, 2.75) is 46.0 Å². The molecule has 2 heterocycles. The fourth-order valence-corrected chi connectivity index (χ4v) is 4.13. The van der Waals surface area contributed by atoms with Crippen molar-refractivity contribution < 1.29 is 9.53 Å². The van der Waals surface area contributed by atoms with Crippen molar-refractivity contribution in [1.29, 1.82) is 0 Å². The molecular weight excluding hydrogens is 350 g/mol. The molecule has 0 amide bonds. The lowest BCUT2D eigenvalue weighted by molar-refractivity contribution is 0.0526. The Morgan fingerprint density at radius 2 is 1.86 bits per heavy atom. The molecule has 4 rings (SSSR count). The number of carbonyl (C=O) groups excluding carboxylic acids is 1. The second-order valence-electron chi connectivity index (χ2n) is 7.24. The first kappa shape index (κ1) is 18.4. The molecule has 0 unspecified atom stereocenters. The van der Waals surface area contributed by atoms with Crippen LogP contribution in [0.25, 0.3) is 22.2 Å². The molecule has 1 aromatic carbocycles. The van der Waals surface area contributed by atoms with Gasteiger partial charge in [0, 0.05) is 16.9 Å². The second-order valence-corrected chi connectivity index (χ2v) is 7.24. The average molecular weight is 375 g/mol. The first-order valence-corrected chi connectivity index (χ1v) is 9.95. The van der Waals surface area contributed by atoms with Crippen LogP contribution in [0.15, 0.2) is 30.3 Å². The largest absolute Gasteiger partial charge is 0.462 e. The third-order valence-corrected chi connectivity index (χ3v) is 5.43. The van der Waals surface area contributed by atoms with Crippen LogP contribution in [0.3, 0.4) is 0 Å². The molecule has 0 saturated carbocycles. The van der Waals surface area contributed by atoms with E-state index in [0.717, 1.165) is 53.5 Å². The van der Waals surface area contributed by atoms with Gasteiger partial charge in [0.2, 0.25) is 0 Å². The Morgan fingerprint density at radius 1 is 1.11 bits per heavy atom. The zero-order valence-corrected chi connectivity index (χ0v) is 16.4. The van der Waals surface area contributed by atoms with Gasteiger partial charge in [0.1, 0.15) is 0 Å². The number of benzene rings is 1. The summed E-state index contributed by atoms with van der Waals surface area (Å²) in [4.78, 5) is 22.4. The van der Waals surface area contributed by atoms with Gasteiger partial charge in [-0.25, -0.2) is 14.8 Å². The summed E-state index contributed by atoms with van der Waals surface area (Å²) in [7, 11) is 0. The Hall–Kier alpha value is -2.95. The highest BCUT2D eigenvalue weighted by atomic mass is 16.5. The zero-order chi connectivity index (χ0) is 19.7. The minimum Gasteiger partial charge on any atom is -0.462 e. The third kappa shape index (κ3) is 3.11. The van der Waals surface area contributed by atoms with Crippen LogP contribution in [-0.4, -0.2) is 22.5 Å². The van der Waals surface area contributed by atoms with Crippen molar-refractivity contribution in [3.8, 4) is 11.1 Å². The maximum Gasteiger partial charge on any atom is 0.340 e. The fraction of sp³-hybridized carbons (Fsp3) is 0.348. The number of aryl methyl sites for hydroxylation is 2. The first-order valence-electron chi connectivity index (χ1n) is 9.95. The molecule has 0 fully saturated rings. The summed E-state index contributed by atoms with van der Waals surface area (Å²) in [5.41, 5.74) is 13.0. The van der Waals surface area contributed by atoms with E-state index in [0.29, 0.717) is 29.2 Å². The molecule has 3 aromatic rings. The van der Waals surface area contributed by atoms with Crippen molar-refractivity contribution >= 4 is 22.7 Å². The van der Waals surface area contributed by atoms with Crippen molar-refractivity contribution in [2.24, 2.45) is 0 Å². The van der Waals surface area contributed by atoms with Gasteiger partial charge in [0.25, 0.3) is 0 Å². The number of ether oxygens (including phenoxy) is 1. The maximum atomic E-state index is 12.8. The Morgan fingerprint density at radius 3 is 2.61 bits per heavy atom. The van der Waals surface area contributed by atoms with E-state index < -0.39 is 0 Å². The standard InChI is InChI=1S/C23H25N3O2/c1-3-28-23(27)18-14(2)25-22-20(19(18)15-10-6-4-7-11-15)21(24)16-12-8-5-9-13-17(16)26-22/h4,6-7,10-11H,3,5,8-9,12-13H2,1-2H3,(H2,24,25,26). The van der Waals surface area contributed by atoms with Crippen LogP contribution in [0.5, 0.6) is 0 Å². The topological polar surface area (TPSA) is 78.1 Å². The second kappa shape index (κ2) is 7.58. The van der Waals surface area contributed by atoms with Crippen molar-refractivity contribution in [3.63, 3.8) is 0 Å². The van der Waals surface area contributed by atoms with Gasteiger partial charge in [-0.1, -0.05) is 36.8 Å². The van der Waals surface area contributed by atoms with Gasteiger partial charge in [-0.3, -0.25) is 0 Å². The molecule has 0 aliphatic heterocycles. The van der Waals surface area contributed by atoms with Crippen LogP contribution in [0, 0.1) is 6.92 Å².